The van der Waals surface area contributed by atoms with E-state index in [4.69, 9.17) is 11.0 Å². The molecule has 1 amide bonds. The fourth-order valence-corrected chi connectivity index (χ4v) is 2.71. The minimum absolute atomic E-state index is 0.213. The van der Waals surface area contributed by atoms with Crippen LogP contribution in [0.15, 0.2) is 24.3 Å². The molecule has 2 rings (SSSR count). The SMILES string of the molecule is CC(C)(C#N)CCCN1CC(C(N)=O)c2ccccc21. The van der Waals surface area contributed by atoms with Crippen molar-refractivity contribution in [2.45, 2.75) is 32.6 Å². The zero-order valence-electron chi connectivity index (χ0n) is 12.1. The molecule has 0 saturated carbocycles. The van der Waals surface area contributed by atoms with E-state index in [1.54, 1.807) is 0 Å². The maximum absolute atomic E-state index is 11.5. The molecule has 1 unspecified atom stereocenters. The van der Waals surface area contributed by atoms with Crippen molar-refractivity contribution in [3.05, 3.63) is 29.8 Å². The normalized spacial score (nSPS) is 17.6. The number of carbonyl (C=O) groups excluding carboxylic acids is 1. The minimum atomic E-state index is -0.289. The maximum atomic E-state index is 11.5. The first-order chi connectivity index (χ1) is 9.44. The van der Waals surface area contributed by atoms with Crippen molar-refractivity contribution in [3.8, 4) is 6.07 Å². The van der Waals surface area contributed by atoms with Crippen LogP contribution < -0.4 is 10.6 Å². The van der Waals surface area contributed by atoms with Gasteiger partial charge >= 0.3 is 0 Å². The van der Waals surface area contributed by atoms with Crippen LogP contribution in [0.1, 0.15) is 38.2 Å². The van der Waals surface area contributed by atoms with Crippen LogP contribution in [-0.2, 0) is 4.79 Å². The van der Waals surface area contributed by atoms with Crippen LogP contribution in [0.4, 0.5) is 5.69 Å². The van der Waals surface area contributed by atoms with Crippen LogP contribution >= 0.6 is 0 Å². The summed E-state index contributed by atoms with van der Waals surface area (Å²) >= 11 is 0. The summed E-state index contributed by atoms with van der Waals surface area (Å²) in [6.45, 7) is 5.42. The van der Waals surface area contributed by atoms with Gasteiger partial charge in [0.05, 0.1) is 17.4 Å². The molecule has 0 bridgehead atoms. The monoisotopic (exact) mass is 271 g/mol. The van der Waals surface area contributed by atoms with Crippen LogP contribution in [0.3, 0.4) is 0 Å². The molecular formula is C16H21N3O. The minimum Gasteiger partial charge on any atom is -0.370 e. The molecule has 1 aliphatic heterocycles. The fourth-order valence-electron chi connectivity index (χ4n) is 2.71. The lowest BCUT2D eigenvalue weighted by Crippen LogP contribution is -2.29. The number of carbonyl (C=O) groups is 1. The highest BCUT2D eigenvalue weighted by Gasteiger charge is 2.31. The summed E-state index contributed by atoms with van der Waals surface area (Å²) < 4.78 is 0. The first-order valence-corrected chi connectivity index (χ1v) is 6.99. The highest BCUT2D eigenvalue weighted by molar-refractivity contribution is 5.87. The summed E-state index contributed by atoms with van der Waals surface area (Å²) in [5, 5.41) is 9.03. The number of nitriles is 1. The number of rotatable bonds is 5. The molecule has 106 valence electrons. The largest absolute Gasteiger partial charge is 0.370 e. The number of hydrogen-bond acceptors (Lipinski definition) is 3. The van der Waals surface area contributed by atoms with Crippen LogP contribution in [0.25, 0.3) is 0 Å². The Morgan fingerprint density at radius 1 is 1.50 bits per heavy atom. The van der Waals surface area contributed by atoms with Gasteiger partial charge in [-0.05, 0) is 38.3 Å². The molecule has 20 heavy (non-hydrogen) atoms. The predicted molar refractivity (Wildman–Crippen MR) is 79.2 cm³/mol. The lowest BCUT2D eigenvalue weighted by atomic mass is 9.90. The Bertz CT molecular complexity index is 545. The third-order valence-corrected chi connectivity index (χ3v) is 3.93. The second kappa shape index (κ2) is 5.54. The number of fused-ring (bicyclic) bond motifs is 1. The fraction of sp³-hybridized carbons (Fsp3) is 0.500. The quantitative estimate of drug-likeness (QED) is 0.894. The van der Waals surface area contributed by atoms with Crippen molar-refractivity contribution < 1.29 is 4.79 Å². The van der Waals surface area contributed by atoms with Crippen molar-refractivity contribution >= 4 is 11.6 Å². The van der Waals surface area contributed by atoms with Gasteiger partial charge in [0.2, 0.25) is 5.91 Å². The highest BCUT2D eigenvalue weighted by atomic mass is 16.1. The van der Waals surface area contributed by atoms with Gasteiger partial charge in [-0.2, -0.15) is 5.26 Å². The van der Waals surface area contributed by atoms with Gasteiger partial charge in [0, 0.05) is 18.8 Å². The molecule has 4 heteroatoms. The van der Waals surface area contributed by atoms with Crippen molar-refractivity contribution in [3.63, 3.8) is 0 Å². The van der Waals surface area contributed by atoms with E-state index in [1.165, 1.54) is 0 Å². The maximum Gasteiger partial charge on any atom is 0.226 e. The molecule has 0 fully saturated rings. The number of nitrogens with zero attached hydrogens (tertiary/aromatic N) is 2. The Hall–Kier alpha value is -2.02. The van der Waals surface area contributed by atoms with Crippen molar-refractivity contribution in [1.29, 1.82) is 5.26 Å². The lowest BCUT2D eigenvalue weighted by molar-refractivity contribution is -0.119. The van der Waals surface area contributed by atoms with Gasteiger partial charge in [0.25, 0.3) is 0 Å². The lowest BCUT2D eigenvalue weighted by Gasteiger charge is -2.22. The molecule has 1 aliphatic rings. The van der Waals surface area contributed by atoms with Crippen LogP contribution in [0.5, 0.6) is 0 Å². The predicted octanol–water partition coefficient (Wildman–Crippen LogP) is 2.41. The number of anilines is 1. The van der Waals surface area contributed by atoms with Crippen molar-refractivity contribution in [2.24, 2.45) is 11.1 Å². The first-order valence-electron chi connectivity index (χ1n) is 6.99. The first kappa shape index (κ1) is 14.4. The van der Waals surface area contributed by atoms with Crippen molar-refractivity contribution in [2.75, 3.05) is 18.0 Å². The number of amides is 1. The second-order valence-electron chi connectivity index (χ2n) is 6.06. The second-order valence-corrected chi connectivity index (χ2v) is 6.06. The molecule has 0 aromatic heterocycles. The van der Waals surface area contributed by atoms with E-state index in [1.807, 2.05) is 38.1 Å². The molecule has 1 atom stereocenters. The van der Waals surface area contributed by atoms with Gasteiger partial charge in [-0.15, -0.1) is 0 Å². The number of primary amides is 1. The Balaban J connectivity index is 2.05. The Labute approximate surface area is 120 Å². The Morgan fingerprint density at radius 3 is 2.85 bits per heavy atom. The number of para-hydroxylation sites is 1. The summed E-state index contributed by atoms with van der Waals surface area (Å²) in [5.41, 5.74) is 7.33. The number of nitrogens with two attached hydrogens (primary N) is 1. The number of benzene rings is 1. The topological polar surface area (TPSA) is 70.1 Å². The van der Waals surface area contributed by atoms with Gasteiger partial charge in [-0.1, -0.05) is 18.2 Å². The van der Waals surface area contributed by atoms with E-state index in [0.717, 1.165) is 30.6 Å². The average Bonchev–Trinajstić information content (AvgIpc) is 2.78. The molecule has 4 nitrogen and oxygen atoms in total. The zero-order chi connectivity index (χ0) is 14.8. The Kier molecular flexibility index (Phi) is 3.99. The molecule has 0 radical (unpaired) electrons. The van der Waals surface area contributed by atoms with E-state index >= 15 is 0 Å². The van der Waals surface area contributed by atoms with E-state index in [9.17, 15) is 4.79 Å². The molecule has 1 aromatic carbocycles. The molecular weight excluding hydrogens is 250 g/mol. The van der Waals surface area contributed by atoms with E-state index < -0.39 is 0 Å². The zero-order valence-corrected chi connectivity index (χ0v) is 12.1. The third-order valence-electron chi connectivity index (χ3n) is 3.93. The summed E-state index contributed by atoms with van der Waals surface area (Å²) in [5.74, 6) is -0.479. The summed E-state index contributed by atoms with van der Waals surface area (Å²) in [6.07, 6.45) is 1.78. The van der Waals surface area contributed by atoms with Gasteiger partial charge in [-0.3, -0.25) is 4.79 Å². The smallest absolute Gasteiger partial charge is 0.226 e. The molecule has 1 heterocycles. The van der Waals surface area contributed by atoms with E-state index in [2.05, 4.69) is 11.0 Å². The third kappa shape index (κ3) is 2.93. The summed E-state index contributed by atoms with van der Waals surface area (Å²) in [4.78, 5) is 13.7. The van der Waals surface area contributed by atoms with Gasteiger partial charge in [0.1, 0.15) is 0 Å². The average molecular weight is 271 g/mol. The molecule has 1 aromatic rings. The van der Waals surface area contributed by atoms with E-state index in [-0.39, 0.29) is 17.2 Å². The molecule has 0 saturated heterocycles. The highest BCUT2D eigenvalue weighted by Crippen LogP contribution is 2.36. The molecule has 2 N–H and O–H groups in total. The van der Waals surface area contributed by atoms with E-state index in [0.29, 0.717) is 6.54 Å². The Morgan fingerprint density at radius 2 is 2.20 bits per heavy atom. The molecule has 0 spiro atoms. The number of hydrogen-bond donors (Lipinski definition) is 1. The van der Waals surface area contributed by atoms with Gasteiger partial charge in [-0.25, -0.2) is 0 Å². The summed E-state index contributed by atoms with van der Waals surface area (Å²) in [6, 6.07) is 10.3. The van der Waals surface area contributed by atoms with Crippen LogP contribution in [0.2, 0.25) is 0 Å². The van der Waals surface area contributed by atoms with Gasteiger partial charge < -0.3 is 10.6 Å². The van der Waals surface area contributed by atoms with Crippen LogP contribution in [0, 0.1) is 16.7 Å². The van der Waals surface area contributed by atoms with Gasteiger partial charge in [0.15, 0.2) is 0 Å². The molecule has 0 aliphatic carbocycles. The van der Waals surface area contributed by atoms with Crippen molar-refractivity contribution in [1.82, 2.24) is 0 Å². The van der Waals surface area contributed by atoms with Crippen LogP contribution in [-0.4, -0.2) is 19.0 Å². The standard InChI is InChI=1S/C16H21N3O/c1-16(2,11-17)8-5-9-19-10-13(15(18)20)12-6-3-4-7-14(12)19/h3-4,6-7,13H,5,8-10H2,1-2H3,(H2,18,20). The summed E-state index contributed by atoms with van der Waals surface area (Å²) in [7, 11) is 0.